The molecule has 0 aliphatic carbocycles. The Morgan fingerprint density at radius 1 is 1.30 bits per heavy atom. The highest BCUT2D eigenvalue weighted by Gasteiger charge is 2.67. The summed E-state index contributed by atoms with van der Waals surface area (Å²) < 4.78 is 6.25. The molecule has 1 spiro atoms. The van der Waals surface area contributed by atoms with Crippen molar-refractivity contribution in [2.75, 3.05) is 18.5 Å². The molecule has 154 valence electrons. The molecule has 3 aliphatic rings. The Morgan fingerprint density at radius 2 is 2.13 bits per heavy atom. The van der Waals surface area contributed by atoms with Gasteiger partial charge in [-0.05, 0) is 43.2 Å². The highest BCUT2D eigenvalue weighted by molar-refractivity contribution is 6.03. The molecule has 1 aromatic heterocycles. The Kier molecular flexibility index (Phi) is 4.25. The van der Waals surface area contributed by atoms with E-state index in [4.69, 9.17) is 4.74 Å². The third-order valence-corrected chi connectivity index (χ3v) is 6.61. The zero-order valence-electron chi connectivity index (χ0n) is 17.3. The zero-order valence-corrected chi connectivity index (χ0v) is 17.3. The fraction of sp³-hybridized carbons (Fsp3) is 0.391. The van der Waals surface area contributed by atoms with Gasteiger partial charge in [-0.3, -0.25) is 9.59 Å². The first-order valence-corrected chi connectivity index (χ1v) is 10.2. The predicted molar refractivity (Wildman–Crippen MR) is 110 cm³/mol. The molecular weight excluding hydrogens is 380 g/mol. The number of benzene rings is 1. The molecule has 2 amide bonds. The molecular formula is C23H24N4O3. The van der Waals surface area contributed by atoms with Crippen LogP contribution in [0.25, 0.3) is 0 Å². The predicted octanol–water partition coefficient (Wildman–Crippen LogP) is 2.04. The molecule has 2 fully saturated rings. The van der Waals surface area contributed by atoms with Gasteiger partial charge in [0.15, 0.2) is 0 Å². The van der Waals surface area contributed by atoms with Crippen molar-refractivity contribution in [3.8, 4) is 0 Å². The highest BCUT2D eigenvalue weighted by Crippen LogP contribution is 2.53. The summed E-state index contributed by atoms with van der Waals surface area (Å²) in [5.74, 6) is -1.16. The fourth-order valence-corrected chi connectivity index (χ4v) is 4.88. The van der Waals surface area contributed by atoms with Gasteiger partial charge in [-0.1, -0.05) is 18.2 Å². The molecule has 0 N–H and O–H groups in total. The minimum absolute atomic E-state index is 0.0427. The van der Waals surface area contributed by atoms with Crippen LogP contribution in [0, 0.1) is 25.7 Å². The molecule has 2 saturated heterocycles. The number of carbonyl (C=O) groups excluding carboxylic acids is 2. The van der Waals surface area contributed by atoms with Gasteiger partial charge < -0.3 is 14.5 Å². The number of nitrogens with zero attached hydrogens (tertiary/aromatic N) is 4. The largest absolute Gasteiger partial charge is 0.360 e. The quantitative estimate of drug-likeness (QED) is 0.729. The Hall–Kier alpha value is -3.06. The number of rotatable bonds is 4. The number of carbonyl (C=O) groups is 2. The first-order chi connectivity index (χ1) is 14.4. The van der Waals surface area contributed by atoms with E-state index in [1.807, 2.05) is 44.2 Å². The van der Waals surface area contributed by atoms with Gasteiger partial charge in [-0.25, -0.2) is 9.97 Å². The summed E-state index contributed by atoms with van der Waals surface area (Å²) in [5, 5.41) is 0. The van der Waals surface area contributed by atoms with Gasteiger partial charge in [-0.2, -0.15) is 0 Å². The maximum Gasteiger partial charge on any atom is 0.234 e. The van der Waals surface area contributed by atoms with Gasteiger partial charge in [0, 0.05) is 18.9 Å². The van der Waals surface area contributed by atoms with Crippen LogP contribution in [0.5, 0.6) is 0 Å². The molecule has 2 bridgehead atoms. The van der Waals surface area contributed by atoms with Crippen molar-refractivity contribution in [2.45, 2.75) is 32.1 Å². The number of ether oxygens (including phenoxy) is 1. The third-order valence-electron chi connectivity index (χ3n) is 6.61. The number of anilines is 1. The molecule has 30 heavy (non-hydrogen) atoms. The summed E-state index contributed by atoms with van der Waals surface area (Å²) >= 11 is 0. The summed E-state index contributed by atoms with van der Waals surface area (Å²) in [5.41, 5.74) is 3.20. The van der Waals surface area contributed by atoms with Crippen molar-refractivity contribution < 1.29 is 14.3 Å². The smallest absolute Gasteiger partial charge is 0.234 e. The first kappa shape index (κ1) is 18.9. The third kappa shape index (κ3) is 2.76. The maximum absolute atomic E-state index is 13.5. The molecule has 1 aromatic carbocycles. The maximum atomic E-state index is 13.5. The number of aromatic nitrogens is 2. The van der Waals surface area contributed by atoms with Gasteiger partial charge in [0.1, 0.15) is 11.9 Å². The van der Waals surface area contributed by atoms with Crippen LogP contribution >= 0.6 is 0 Å². The van der Waals surface area contributed by atoms with Crippen LogP contribution in [0.4, 0.5) is 5.69 Å². The summed E-state index contributed by atoms with van der Waals surface area (Å²) in [6.45, 7) is 4.89. The number of hydrogen-bond donors (Lipinski definition) is 0. The SMILES string of the molecule is Cc1ccc(N2C[C@]34C=C[C@H](O3)[C@H](C(=O)N(C)Cc3ccncn3)[C@@H]4C2=O)cc1C. The lowest BCUT2D eigenvalue weighted by Crippen LogP contribution is -2.44. The van der Waals surface area contributed by atoms with Crippen molar-refractivity contribution in [3.63, 3.8) is 0 Å². The Bertz CT molecular complexity index is 1050. The Balaban J connectivity index is 1.42. The monoisotopic (exact) mass is 404 g/mol. The van der Waals surface area contributed by atoms with E-state index in [-0.39, 0.29) is 17.9 Å². The summed E-state index contributed by atoms with van der Waals surface area (Å²) in [6.07, 6.45) is 6.68. The fourth-order valence-electron chi connectivity index (χ4n) is 4.88. The van der Waals surface area contributed by atoms with E-state index in [0.717, 1.165) is 16.9 Å². The van der Waals surface area contributed by atoms with E-state index in [1.54, 1.807) is 29.1 Å². The summed E-state index contributed by atoms with van der Waals surface area (Å²) in [6, 6.07) is 7.80. The van der Waals surface area contributed by atoms with Gasteiger partial charge in [0.25, 0.3) is 0 Å². The molecule has 3 aliphatic heterocycles. The van der Waals surface area contributed by atoms with Crippen LogP contribution in [-0.2, 0) is 20.9 Å². The standard InChI is InChI=1S/C23H24N4O3/c1-14-4-5-17(10-15(14)2)27-12-23-8-6-18(30-23)19(20(23)22(27)29)21(28)26(3)11-16-7-9-24-13-25-16/h4-10,13,18-20H,11-12H2,1-3H3/t18-,19-,20+,23-/m0/s1. The van der Waals surface area contributed by atoms with E-state index in [9.17, 15) is 9.59 Å². The number of aryl methyl sites for hydroxylation is 2. The van der Waals surface area contributed by atoms with Crippen LogP contribution in [0.15, 0.2) is 48.9 Å². The van der Waals surface area contributed by atoms with Crippen LogP contribution < -0.4 is 4.90 Å². The van der Waals surface area contributed by atoms with Gasteiger partial charge in [0.2, 0.25) is 11.8 Å². The van der Waals surface area contributed by atoms with Crippen molar-refractivity contribution >= 4 is 17.5 Å². The van der Waals surface area contributed by atoms with E-state index < -0.39 is 17.4 Å². The van der Waals surface area contributed by atoms with Crippen LogP contribution in [0.2, 0.25) is 0 Å². The second kappa shape index (κ2) is 6.74. The van der Waals surface area contributed by atoms with Crippen molar-refractivity contribution in [3.05, 3.63) is 65.8 Å². The average molecular weight is 404 g/mol. The topological polar surface area (TPSA) is 75.6 Å². The summed E-state index contributed by atoms with van der Waals surface area (Å²) in [7, 11) is 1.74. The number of fused-ring (bicyclic) bond motifs is 1. The van der Waals surface area contributed by atoms with Crippen molar-refractivity contribution in [1.29, 1.82) is 0 Å². The van der Waals surface area contributed by atoms with E-state index >= 15 is 0 Å². The van der Waals surface area contributed by atoms with E-state index in [1.165, 1.54) is 11.9 Å². The van der Waals surface area contributed by atoms with E-state index in [0.29, 0.717) is 13.1 Å². The molecule has 4 heterocycles. The first-order valence-electron chi connectivity index (χ1n) is 10.2. The zero-order chi connectivity index (χ0) is 21.0. The molecule has 7 heteroatoms. The molecule has 0 radical (unpaired) electrons. The Morgan fingerprint density at radius 3 is 2.87 bits per heavy atom. The Labute approximate surface area is 175 Å². The molecule has 0 saturated carbocycles. The lowest BCUT2D eigenvalue weighted by molar-refractivity contribution is -0.139. The van der Waals surface area contributed by atoms with Gasteiger partial charge >= 0.3 is 0 Å². The van der Waals surface area contributed by atoms with Crippen molar-refractivity contribution in [2.24, 2.45) is 11.8 Å². The average Bonchev–Trinajstić information content (AvgIpc) is 3.38. The lowest BCUT2D eigenvalue weighted by atomic mass is 9.76. The van der Waals surface area contributed by atoms with Crippen LogP contribution in [0.3, 0.4) is 0 Å². The molecule has 5 rings (SSSR count). The van der Waals surface area contributed by atoms with Crippen LogP contribution in [0.1, 0.15) is 16.8 Å². The van der Waals surface area contributed by atoms with Crippen molar-refractivity contribution in [1.82, 2.24) is 14.9 Å². The van der Waals surface area contributed by atoms with Gasteiger partial charge in [-0.15, -0.1) is 0 Å². The van der Waals surface area contributed by atoms with E-state index in [2.05, 4.69) is 9.97 Å². The van der Waals surface area contributed by atoms with Gasteiger partial charge in [0.05, 0.1) is 36.7 Å². The highest BCUT2D eigenvalue weighted by atomic mass is 16.5. The van der Waals surface area contributed by atoms with Crippen LogP contribution in [-0.4, -0.2) is 52.0 Å². The summed E-state index contributed by atoms with van der Waals surface area (Å²) in [4.78, 5) is 38.4. The number of hydrogen-bond acceptors (Lipinski definition) is 5. The molecule has 0 unspecified atom stereocenters. The normalized spacial score (nSPS) is 28.8. The second-order valence-corrected chi connectivity index (χ2v) is 8.49. The second-order valence-electron chi connectivity index (χ2n) is 8.49. The lowest BCUT2D eigenvalue weighted by Gasteiger charge is -2.27. The minimum atomic E-state index is -0.726. The number of amides is 2. The minimum Gasteiger partial charge on any atom is -0.360 e. The molecule has 2 aromatic rings. The molecule has 4 atom stereocenters. The molecule has 7 nitrogen and oxygen atoms in total.